The van der Waals surface area contributed by atoms with Crippen LogP contribution in [0.15, 0.2) is 36.5 Å². The molecule has 9 heteroatoms. The highest BCUT2D eigenvalue weighted by Crippen LogP contribution is 2.23. The van der Waals surface area contributed by atoms with Crippen LogP contribution in [0, 0.1) is 0 Å². The van der Waals surface area contributed by atoms with Gasteiger partial charge in [0, 0.05) is 6.42 Å². The molecule has 1 heterocycles. The number of aliphatic hydroxyl groups excluding tert-OH is 5. The van der Waals surface area contributed by atoms with Gasteiger partial charge in [-0.1, -0.05) is 211 Å². The Bertz CT molecular complexity index is 1070. The number of carbonyl (C=O) groups excluding carboxylic acids is 1. The number of amides is 1. The van der Waals surface area contributed by atoms with Crippen LogP contribution in [0.5, 0.6) is 0 Å². The molecule has 7 atom stereocenters. The van der Waals surface area contributed by atoms with E-state index in [1.807, 2.05) is 6.08 Å². The number of ether oxygens (including phenoxy) is 2. The van der Waals surface area contributed by atoms with E-state index in [-0.39, 0.29) is 12.5 Å². The smallest absolute Gasteiger partial charge is 0.220 e. The Morgan fingerprint density at radius 2 is 0.919 bits per heavy atom. The molecule has 1 rings (SSSR count). The van der Waals surface area contributed by atoms with E-state index >= 15 is 0 Å². The van der Waals surface area contributed by atoms with Crippen molar-refractivity contribution >= 4 is 5.91 Å². The van der Waals surface area contributed by atoms with Crippen LogP contribution in [0.4, 0.5) is 0 Å². The third kappa shape index (κ3) is 33.0. The third-order valence-corrected chi connectivity index (χ3v) is 12.4. The highest BCUT2D eigenvalue weighted by Gasteiger charge is 2.44. The van der Waals surface area contributed by atoms with Crippen molar-refractivity contribution in [2.45, 2.75) is 281 Å². The second-order valence-corrected chi connectivity index (χ2v) is 18.3. The Labute approximate surface area is 381 Å². The van der Waals surface area contributed by atoms with Gasteiger partial charge >= 0.3 is 0 Å². The molecule has 0 aromatic heterocycles. The Balaban J connectivity index is 2.30. The van der Waals surface area contributed by atoms with Crippen molar-refractivity contribution in [1.29, 1.82) is 0 Å². The van der Waals surface area contributed by atoms with Crippen molar-refractivity contribution in [2.75, 3.05) is 13.2 Å². The number of nitrogens with one attached hydrogen (secondary N) is 1. The highest BCUT2D eigenvalue weighted by atomic mass is 16.7. The van der Waals surface area contributed by atoms with Crippen LogP contribution in [0.25, 0.3) is 0 Å². The van der Waals surface area contributed by atoms with E-state index in [4.69, 9.17) is 9.47 Å². The highest BCUT2D eigenvalue weighted by molar-refractivity contribution is 5.76. The molecule has 1 aliphatic rings. The number of rotatable bonds is 44. The first-order chi connectivity index (χ1) is 30.3. The zero-order valence-corrected chi connectivity index (χ0v) is 40.1. The van der Waals surface area contributed by atoms with Crippen molar-refractivity contribution in [3.63, 3.8) is 0 Å². The number of aliphatic hydroxyl groups is 5. The molecule has 0 spiro atoms. The second-order valence-electron chi connectivity index (χ2n) is 18.3. The van der Waals surface area contributed by atoms with Crippen LogP contribution in [-0.4, -0.2) is 87.5 Å². The molecule has 6 N–H and O–H groups in total. The van der Waals surface area contributed by atoms with E-state index < -0.39 is 49.5 Å². The van der Waals surface area contributed by atoms with Gasteiger partial charge in [0.25, 0.3) is 0 Å². The fourth-order valence-electron chi connectivity index (χ4n) is 8.23. The van der Waals surface area contributed by atoms with Gasteiger partial charge in [-0.05, 0) is 57.8 Å². The van der Waals surface area contributed by atoms with E-state index in [1.165, 1.54) is 161 Å². The number of allylic oxidation sites excluding steroid dienone is 5. The van der Waals surface area contributed by atoms with Crippen molar-refractivity contribution in [1.82, 2.24) is 5.32 Å². The maximum Gasteiger partial charge on any atom is 0.220 e. The van der Waals surface area contributed by atoms with Gasteiger partial charge < -0.3 is 40.3 Å². The molecular weight excluding hydrogens is 779 g/mol. The fourth-order valence-corrected chi connectivity index (χ4v) is 8.23. The molecule has 1 fully saturated rings. The van der Waals surface area contributed by atoms with Gasteiger partial charge in [0.15, 0.2) is 6.29 Å². The summed E-state index contributed by atoms with van der Waals surface area (Å²) in [7, 11) is 0. The lowest BCUT2D eigenvalue weighted by molar-refractivity contribution is -0.302. The SMILES string of the molecule is CCCCCCCC/C=C\CCCCCCCC(=O)NC(COC1OC(CO)C(O)C(O)C1O)C(O)/C=C/CC/C=C/CCCCCCCCCCCCCCCCCCCC. The number of hydrogen-bond donors (Lipinski definition) is 6. The molecule has 1 aliphatic heterocycles. The summed E-state index contributed by atoms with van der Waals surface area (Å²) in [6.45, 7) is 3.76. The first-order valence-electron chi connectivity index (χ1n) is 26.2. The quantitative estimate of drug-likeness (QED) is 0.0262. The number of carbonyl (C=O) groups is 1. The minimum Gasteiger partial charge on any atom is -0.394 e. The van der Waals surface area contributed by atoms with E-state index in [0.717, 1.165) is 57.8 Å². The lowest BCUT2D eigenvalue weighted by Gasteiger charge is -2.40. The number of hydrogen-bond acceptors (Lipinski definition) is 8. The molecular formula is C53H99NO8. The van der Waals surface area contributed by atoms with Crippen molar-refractivity contribution in [3.05, 3.63) is 36.5 Å². The third-order valence-electron chi connectivity index (χ3n) is 12.4. The van der Waals surface area contributed by atoms with Crippen molar-refractivity contribution in [3.8, 4) is 0 Å². The van der Waals surface area contributed by atoms with Crippen LogP contribution in [0.2, 0.25) is 0 Å². The summed E-state index contributed by atoms with van der Waals surface area (Å²) in [4.78, 5) is 13.0. The molecule has 0 aromatic carbocycles. The molecule has 0 saturated carbocycles. The number of unbranched alkanes of at least 4 members (excludes halogenated alkanes) is 30. The molecule has 364 valence electrons. The standard InChI is InChI=1S/C53H99NO8/c1-3-5-7-9-11-13-15-17-19-20-21-22-23-24-25-26-27-29-30-32-34-36-38-40-42-47(56)46(45-61-53-52(60)51(59)50(58)48(44-55)62-53)54-49(57)43-41-39-37-35-33-31-28-18-16-14-12-10-8-6-4-2/h18,28,32,34,40,42,46-48,50-53,55-56,58-60H,3-17,19-27,29-31,33,35-39,41,43-45H2,1-2H3,(H,54,57)/b28-18-,34-32+,42-40+. The summed E-state index contributed by atoms with van der Waals surface area (Å²) < 4.78 is 11.2. The molecule has 9 nitrogen and oxygen atoms in total. The zero-order chi connectivity index (χ0) is 45.1. The lowest BCUT2D eigenvalue weighted by Crippen LogP contribution is -2.60. The van der Waals surface area contributed by atoms with E-state index in [0.29, 0.717) is 6.42 Å². The second kappa shape index (κ2) is 43.3. The van der Waals surface area contributed by atoms with Gasteiger partial charge in [0.2, 0.25) is 5.91 Å². The summed E-state index contributed by atoms with van der Waals surface area (Å²) in [6, 6.07) is -0.825. The first-order valence-corrected chi connectivity index (χ1v) is 26.2. The normalized spacial score (nSPS) is 20.5. The molecule has 1 amide bonds. The molecule has 0 aliphatic carbocycles. The van der Waals surface area contributed by atoms with Crippen LogP contribution < -0.4 is 5.32 Å². The largest absolute Gasteiger partial charge is 0.394 e. The lowest BCUT2D eigenvalue weighted by atomic mass is 9.99. The predicted molar refractivity (Wildman–Crippen MR) is 258 cm³/mol. The maximum atomic E-state index is 13.0. The molecule has 62 heavy (non-hydrogen) atoms. The Hall–Kier alpha value is -1.59. The summed E-state index contributed by atoms with van der Waals surface area (Å²) in [5, 5.41) is 54.3. The van der Waals surface area contributed by atoms with Gasteiger partial charge in [-0.3, -0.25) is 4.79 Å². The van der Waals surface area contributed by atoms with Gasteiger partial charge in [-0.25, -0.2) is 0 Å². The maximum absolute atomic E-state index is 13.0. The zero-order valence-electron chi connectivity index (χ0n) is 40.1. The monoisotopic (exact) mass is 878 g/mol. The Morgan fingerprint density at radius 1 is 0.532 bits per heavy atom. The van der Waals surface area contributed by atoms with Crippen LogP contribution in [0.3, 0.4) is 0 Å². The fraction of sp³-hybridized carbons (Fsp3) is 0.868. The van der Waals surface area contributed by atoms with Crippen LogP contribution in [-0.2, 0) is 14.3 Å². The topological polar surface area (TPSA) is 149 Å². The van der Waals surface area contributed by atoms with Crippen molar-refractivity contribution < 1.29 is 39.8 Å². The average Bonchev–Trinajstić information content (AvgIpc) is 3.27. The van der Waals surface area contributed by atoms with Gasteiger partial charge in [-0.15, -0.1) is 0 Å². The molecule has 0 bridgehead atoms. The molecule has 1 saturated heterocycles. The van der Waals surface area contributed by atoms with Gasteiger partial charge in [0.05, 0.1) is 25.4 Å². The summed E-state index contributed by atoms with van der Waals surface area (Å²) in [5.41, 5.74) is 0. The summed E-state index contributed by atoms with van der Waals surface area (Å²) in [5.74, 6) is -0.194. The van der Waals surface area contributed by atoms with Gasteiger partial charge in [-0.2, -0.15) is 0 Å². The minimum absolute atomic E-state index is 0.194. The van der Waals surface area contributed by atoms with E-state index in [1.54, 1.807) is 6.08 Å². The molecule has 7 unspecified atom stereocenters. The van der Waals surface area contributed by atoms with E-state index in [9.17, 15) is 30.3 Å². The Kier molecular flexibility index (Phi) is 40.8. The molecule has 0 radical (unpaired) electrons. The summed E-state index contributed by atoms with van der Waals surface area (Å²) in [6.07, 6.45) is 47.7. The minimum atomic E-state index is -1.57. The average molecular weight is 878 g/mol. The van der Waals surface area contributed by atoms with Crippen LogP contribution in [0.1, 0.15) is 239 Å². The van der Waals surface area contributed by atoms with Crippen molar-refractivity contribution in [2.24, 2.45) is 0 Å². The predicted octanol–water partition coefficient (Wildman–Crippen LogP) is 12.0. The van der Waals surface area contributed by atoms with Crippen LogP contribution >= 0.6 is 0 Å². The van der Waals surface area contributed by atoms with Gasteiger partial charge in [0.1, 0.15) is 24.4 Å². The molecule has 0 aromatic rings. The Morgan fingerprint density at radius 3 is 1.35 bits per heavy atom. The van der Waals surface area contributed by atoms with E-state index in [2.05, 4.69) is 43.5 Å². The summed E-state index contributed by atoms with van der Waals surface area (Å²) >= 11 is 0. The first kappa shape index (κ1) is 58.4.